The van der Waals surface area contributed by atoms with Gasteiger partial charge in [-0.2, -0.15) is 11.8 Å². The Labute approximate surface area is 73.7 Å². The molecule has 0 aromatic rings. The minimum absolute atomic E-state index is 0.335. The van der Waals surface area contributed by atoms with Gasteiger partial charge in [0, 0.05) is 5.38 Å². The van der Waals surface area contributed by atoms with Crippen molar-refractivity contribution in [3.05, 3.63) is 0 Å². The van der Waals surface area contributed by atoms with Crippen molar-refractivity contribution in [3.8, 4) is 0 Å². The molecule has 2 heteroatoms. The van der Waals surface area contributed by atoms with E-state index in [1.54, 1.807) is 0 Å². The van der Waals surface area contributed by atoms with Crippen LogP contribution in [0.2, 0.25) is 0 Å². The van der Waals surface area contributed by atoms with E-state index in [2.05, 4.69) is 20.1 Å². The van der Waals surface area contributed by atoms with Gasteiger partial charge in [0.15, 0.2) is 0 Å². The summed E-state index contributed by atoms with van der Waals surface area (Å²) in [6.07, 6.45) is 4.72. The molecule has 0 spiro atoms. The van der Waals surface area contributed by atoms with Gasteiger partial charge in [0.25, 0.3) is 0 Å². The van der Waals surface area contributed by atoms with Gasteiger partial charge in [-0.3, -0.25) is 0 Å². The quantitative estimate of drug-likeness (QED) is 0.462. The number of halogens is 1. The van der Waals surface area contributed by atoms with Crippen LogP contribution in [0.5, 0.6) is 0 Å². The van der Waals surface area contributed by atoms with Crippen LogP contribution in [0, 0.1) is 5.92 Å². The lowest BCUT2D eigenvalue weighted by Gasteiger charge is -2.12. The third-order valence-electron chi connectivity index (χ3n) is 1.79. The van der Waals surface area contributed by atoms with Gasteiger partial charge >= 0.3 is 0 Å². The number of hydrogen-bond donors (Lipinski definition) is 0. The second-order valence-electron chi connectivity index (χ2n) is 2.79. The fourth-order valence-corrected chi connectivity index (χ4v) is 1.36. The SMILES string of the molecule is CSCCCC(C)C(C)Cl. The highest BCUT2D eigenvalue weighted by Gasteiger charge is 2.07. The Bertz CT molecular complexity index is 73.7. The van der Waals surface area contributed by atoms with Crippen molar-refractivity contribution < 1.29 is 0 Å². The maximum absolute atomic E-state index is 5.90. The first-order chi connectivity index (χ1) is 4.68. The zero-order chi connectivity index (χ0) is 7.98. The van der Waals surface area contributed by atoms with Crippen molar-refractivity contribution in [2.75, 3.05) is 12.0 Å². The van der Waals surface area contributed by atoms with E-state index in [4.69, 9.17) is 11.6 Å². The Balaban J connectivity index is 3.13. The molecule has 0 radical (unpaired) electrons. The largest absolute Gasteiger partial charge is 0.165 e. The van der Waals surface area contributed by atoms with Crippen molar-refractivity contribution >= 4 is 23.4 Å². The highest BCUT2D eigenvalue weighted by molar-refractivity contribution is 7.98. The zero-order valence-corrected chi connectivity index (χ0v) is 8.63. The van der Waals surface area contributed by atoms with Crippen LogP contribution in [0.4, 0.5) is 0 Å². The van der Waals surface area contributed by atoms with Gasteiger partial charge in [-0.25, -0.2) is 0 Å². The first kappa shape index (κ1) is 10.6. The van der Waals surface area contributed by atoms with E-state index in [0.29, 0.717) is 11.3 Å². The molecule has 0 saturated carbocycles. The monoisotopic (exact) mass is 180 g/mol. The lowest BCUT2D eigenvalue weighted by atomic mass is 10.0. The molecule has 0 amide bonds. The summed E-state index contributed by atoms with van der Waals surface area (Å²) in [5.41, 5.74) is 0. The summed E-state index contributed by atoms with van der Waals surface area (Å²) in [6.45, 7) is 4.29. The summed E-state index contributed by atoms with van der Waals surface area (Å²) in [5.74, 6) is 1.95. The van der Waals surface area contributed by atoms with Crippen LogP contribution in [0.25, 0.3) is 0 Å². The molecule has 0 aliphatic heterocycles. The Morgan fingerprint density at radius 3 is 2.40 bits per heavy atom. The molecule has 0 aliphatic rings. The summed E-state index contributed by atoms with van der Waals surface area (Å²) in [7, 11) is 0. The molecule has 2 unspecified atom stereocenters. The molecular weight excluding hydrogens is 164 g/mol. The van der Waals surface area contributed by atoms with Gasteiger partial charge < -0.3 is 0 Å². The molecule has 0 heterocycles. The maximum atomic E-state index is 5.90. The molecule has 0 fully saturated rings. The van der Waals surface area contributed by atoms with Crippen LogP contribution in [0.15, 0.2) is 0 Å². The van der Waals surface area contributed by atoms with Gasteiger partial charge in [0.05, 0.1) is 0 Å². The van der Waals surface area contributed by atoms with Gasteiger partial charge in [-0.1, -0.05) is 6.92 Å². The Morgan fingerprint density at radius 2 is 2.00 bits per heavy atom. The van der Waals surface area contributed by atoms with Gasteiger partial charge in [0.2, 0.25) is 0 Å². The molecule has 0 bridgehead atoms. The summed E-state index contributed by atoms with van der Waals surface area (Å²) >= 11 is 7.81. The summed E-state index contributed by atoms with van der Waals surface area (Å²) in [5, 5.41) is 0.335. The van der Waals surface area contributed by atoms with Crippen molar-refractivity contribution in [1.82, 2.24) is 0 Å². The zero-order valence-electron chi connectivity index (χ0n) is 7.06. The second-order valence-corrected chi connectivity index (χ2v) is 4.46. The summed E-state index contributed by atoms with van der Waals surface area (Å²) < 4.78 is 0. The minimum Gasteiger partial charge on any atom is -0.165 e. The number of rotatable bonds is 5. The lowest BCUT2D eigenvalue weighted by molar-refractivity contribution is 0.518. The summed E-state index contributed by atoms with van der Waals surface area (Å²) in [6, 6.07) is 0. The highest BCUT2D eigenvalue weighted by atomic mass is 35.5. The molecule has 0 aromatic heterocycles. The highest BCUT2D eigenvalue weighted by Crippen LogP contribution is 2.16. The molecule has 0 N–H and O–H groups in total. The molecular formula is C8H17ClS. The maximum Gasteiger partial charge on any atom is 0.0333 e. The third kappa shape index (κ3) is 5.43. The molecule has 0 aliphatic carbocycles. The van der Waals surface area contributed by atoms with Crippen molar-refractivity contribution in [3.63, 3.8) is 0 Å². The lowest BCUT2D eigenvalue weighted by Crippen LogP contribution is -2.06. The minimum atomic E-state index is 0.335. The first-order valence-corrected chi connectivity index (χ1v) is 5.64. The van der Waals surface area contributed by atoms with E-state index >= 15 is 0 Å². The van der Waals surface area contributed by atoms with E-state index in [1.165, 1.54) is 18.6 Å². The Morgan fingerprint density at radius 1 is 1.40 bits per heavy atom. The summed E-state index contributed by atoms with van der Waals surface area (Å²) in [4.78, 5) is 0. The molecule has 0 rings (SSSR count). The topological polar surface area (TPSA) is 0 Å². The molecule has 62 valence electrons. The van der Waals surface area contributed by atoms with E-state index in [9.17, 15) is 0 Å². The normalized spacial score (nSPS) is 16.8. The first-order valence-electron chi connectivity index (χ1n) is 3.81. The van der Waals surface area contributed by atoms with Gasteiger partial charge in [0.1, 0.15) is 0 Å². The molecule has 10 heavy (non-hydrogen) atoms. The van der Waals surface area contributed by atoms with E-state index in [0.717, 1.165) is 0 Å². The van der Waals surface area contributed by atoms with Gasteiger partial charge in [-0.05, 0) is 37.7 Å². The fourth-order valence-electron chi connectivity index (χ4n) is 0.779. The van der Waals surface area contributed by atoms with Crippen molar-refractivity contribution in [2.45, 2.75) is 32.1 Å². The number of alkyl halides is 1. The van der Waals surface area contributed by atoms with Crippen molar-refractivity contribution in [1.29, 1.82) is 0 Å². The van der Waals surface area contributed by atoms with E-state index < -0.39 is 0 Å². The van der Waals surface area contributed by atoms with Crippen LogP contribution in [-0.2, 0) is 0 Å². The molecule has 2 atom stereocenters. The predicted molar refractivity (Wildman–Crippen MR) is 52.1 cm³/mol. The second kappa shape index (κ2) is 6.36. The Hall–Kier alpha value is 0.640. The van der Waals surface area contributed by atoms with Crippen LogP contribution < -0.4 is 0 Å². The number of hydrogen-bond acceptors (Lipinski definition) is 1. The average Bonchev–Trinajstić information content (AvgIpc) is 1.88. The van der Waals surface area contributed by atoms with Crippen LogP contribution in [0.1, 0.15) is 26.7 Å². The van der Waals surface area contributed by atoms with Crippen molar-refractivity contribution in [2.24, 2.45) is 5.92 Å². The number of thioether (sulfide) groups is 1. The Kier molecular flexibility index (Phi) is 6.76. The van der Waals surface area contributed by atoms with Crippen LogP contribution in [0.3, 0.4) is 0 Å². The average molecular weight is 181 g/mol. The van der Waals surface area contributed by atoms with Crippen LogP contribution >= 0.6 is 23.4 Å². The van der Waals surface area contributed by atoms with E-state index in [-0.39, 0.29) is 0 Å². The third-order valence-corrected chi connectivity index (χ3v) is 2.92. The van der Waals surface area contributed by atoms with Crippen LogP contribution in [-0.4, -0.2) is 17.4 Å². The standard InChI is InChI=1S/C8H17ClS/c1-7(8(2)9)5-4-6-10-3/h7-8H,4-6H2,1-3H3. The molecule has 0 saturated heterocycles. The fraction of sp³-hybridized carbons (Fsp3) is 1.00. The smallest absolute Gasteiger partial charge is 0.0333 e. The molecule has 0 aromatic carbocycles. The predicted octanol–water partition coefficient (Wildman–Crippen LogP) is 3.39. The van der Waals surface area contributed by atoms with Gasteiger partial charge in [-0.15, -0.1) is 11.6 Å². The van der Waals surface area contributed by atoms with E-state index in [1.807, 2.05) is 11.8 Å². The molecule has 0 nitrogen and oxygen atoms in total.